The fourth-order valence-corrected chi connectivity index (χ4v) is 3.24. The molecule has 3 rings (SSSR count). The Morgan fingerprint density at radius 3 is 2.57 bits per heavy atom. The van der Waals surface area contributed by atoms with Crippen LogP contribution in [0.25, 0.3) is 0 Å². The minimum Gasteiger partial charge on any atom is -0.467 e. The molecule has 5 nitrogen and oxygen atoms in total. The summed E-state index contributed by atoms with van der Waals surface area (Å²) in [6.07, 6.45) is 1.62. The molecule has 2 aromatic carbocycles. The zero-order valence-corrected chi connectivity index (χ0v) is 18.4. The second kappa shape index (κ2) is 10.5. The lowest BCUT2D eigenvalue weighted by molar-refractivity contribution is 0.0930. The maximum Gasteiger partial charge on any atom is 0.322 e. The molecule has 0 spiro atoms. The summed E-state index contributed by atoms with van der Waals surface area (Å²) >= 11 is 12.1. The molecule has 0 radical (unpaired) electrons. The molecule has 0 aliphatic heterocycles. The van der Waals surface area contributed by atoms with Crippen molar-refractivity contribution in [3.63, 3.8) is 0 Å². The van der Waals surface area contributed by atoms with Gasteiger partial charge in [-0.15, -0.1) is 0 Å². The number of halogens is 2. The Hall–Kier alpha value is -2.47. The third kappa shape index (κ3) is 6.26. The molecule has 0 saturated carbocycles. The third-order valence-electron chi connectivity index (χ3n) is 4.49. The smallest absolute Gasteiger partial charge is 0.322 e. The van der Waals surface area contributed by atoms with Gasteiger partial charge in [-0.05, 0) is 61.4 Å². The molecule has 0 fully saturated rings. The first-order valence-electron chi connectivity index (χ1n) is 9.63. The minimum absolute atomic E-state index is 0.000680. The average molecular weight is 447 g/mol. The van der Waals surface area contributed by atoms with Gasteiger partial charge in [0.25, 0.3) is 0 Å². The molecule has 3 aromatic rings. The Labute approximate surface area is 186 Å². The van der Waals surface area contributed by atoms with Gasteiger partial charge in [0.1, 0.15) is 12.4 Å². The van der Waals surface area contributed by atoms with Crippen LogP contribution in [0, 0.1) is 0 Å². The summed E-state index contributed by atoms with van der Waals surface area (Å²) < 4.78 is 10.9. The van der Waals surface area contributed by atoms with Crippen molar-refractivity contribution in [2.45, 2.75) is 39.6 Å². The number of urea groups is 1. The van der Waals surface area contributed by atoms with Crippen LogP contribution in [0.15, 0.2) is 65.3 Å². The largest absolute Gasteiger partial charge is 0.467 e. The van der Waals surface area contributed by atoms with Crippen LogP contribution in [-0.4, -0.2) is 17.0 Å². The van der Waals surface area contributed by atoms with Crippen molar-refractivity contribution in [2.75, 3.05) is 5.32 Å². The highest BCUT2D eigenvalue weighted by molar-refractivity contribution is 6.42. The zero-order valence-electron chi connectivity index (χ0n) is 16.9. The van der Waals surface area contributed by atoms with Crippen LogP contribution < -0.4 is 5.32 Å². The number of furan rings is 1. The molecule has 0 aliphatic rings. The highest BCUT2D eigenvalue weighted by Gasteiger charge is 2.18. The number of nitrogens with zero attached hydrogens (tertiary/aromatic N) is 1. The SMILES string of the molecule is CC(C)N(Cc1ccc(Cl)c(Cl)c1)C(=O)Nc1cccc(COCc2ccco2)c1. The number of carbonyl (C=O) groups is 1. The maximum absolute atomic E-state index is 12.9. The van der Waals surface area contributed by atoms with E-state index in [1.54, 1.807) is 23.3 Å². The summed E-state index contributed by atoms with van der Waals surface area (Å²) in [6.45, 7) is 5.17. The lowest BCUT2D eigenvalue weighted by atomic mass is 10.2. The monoisotopic (exact) mass is 446 g/mol. The fourth-order valence-electron chi connectivity index (χ4n) is 2.92. The summed E-state index contributed by atoms with van der Waals surface area (Å²) in [5, 5.41) is 3.93. The number of ether oxygens (including phenoxy) is 1. The molecule has 158 valence electrons. The van der Waals surface area contributed by atoms with E-state index < -0.39 is 0 Å². The molecule has 0 atom stereocenters. The number of amides is 2. The number of nitrogens with one attached hydrogen (secondary N) is 1. The van der Waals surface area contributed by atoms with Gasteiger partial charge in [-0.3, -0.25) is 0 Å². The van der Waals surface area contributed by atoms with Crippen molar-refractivity contribution < 1.29 is 13.9 Å². The van der Waals surface area contributed by atoms with Crippen LogP contribution in [0.5, 0.6) is 0 Å². The third-order valence-corrected chi connectivity index (χ3v) is 5.23. The molecule has 7 heteroatoms. The Morgan fingerprint density at radius 1 is 1.03 bits per heavy atom. The topological polar surface area (TPSA) is 54.7 Å². The standard InChI is InChI=1S/C23H24Cl2N2O3/c1-16(2)27(13-17-8-9-21(24)22(25)12-17)23(28)26-19-6-3-5-18(11-19)14-29-15-20-7-4-10-30-20/h3-12,16H,13-15H2,1-2H3,(H,26,28). The number of hydrogen-bond acceptors (Lipinski definition) is 3. The molecule has 0 aliphatic carbocycles. The van der Waals surface area contributed by atoms with E-state index in [0.29, 0.717) is 35.5 Å². The Kier molecular flexibility index (Phi) is 7.80. The van der Waals surface area contributed by atoms with Gasteiger partial charge in [0.15, 0.2) is 0 Å². The second-order valence-corrected chi connectivity index (χ2v) is 7.99. The first-order chi connectivity index (χ1) is 14.4. The van der Waals surface area contributed by atoms with E-state index in [0.717, 1.165) is 16.9 Å². The Morgan fingerprint density at radius 2 is 1.87 bits per heavy atom. The lowest BCUT2D eigenvalue weighted by Crippen LogP contribution is -2.39. The van der Waals surface area contributed by atoms with E-state index in [1.165, 1.54) is 0 Å². The Balaban J connectivity index is 1.61. The second-order valence-electron chi connectivity index (χ2n) is 7.17. The van der Waals surface area contributed by atoms with Crippen molar-refractivity contribution in [3.05, 3.63) is 87.8 Å². The van der Waals surface area contributed by atoms with E-state index in [2.05, 4.69) is 5.32 Å². The van der Waals surface area contributed by atoms with Crippen molar-refractivity contribution in [3.8, 4) is 0 Å². The van der Waals surface area contributed by atoms with Crippen LogP contribution in [0.2, 0.25) is 10.0 Å². The Bertz CT molecular complexity index is 974. The minimum atomic E-state index is -0.190. The number of carbonyl (C=O) groups excluding carboxylic acids is 1. The van der Waals surface area contributed by atoms with Crippen LogP contribution in [0.4, 0.5) is 10.5 Å². The molecule has 0 unspecified atom stereocenters. The predicted octanol–water partition coefficient (Wildman–Crippen LogP) is 6.75. The van der Waals surface area contributed by atoms with Gasteiger partial charge in [0.2, 0.25) is 0 Å². The average Bonchev–Trinajstić information content (AvgIpc) is 3.22. The highest BCUT2D eigenvalue weighted by atomic mass is 35.5. The van der Waals surface area contributed by atoms with E-state index in [4.69, 9.17) is 32.4 Å². The molecule has 1 heterocycles. The lowest BCUT2D eigenvalue weighted by Gasteiger charge is -2.27. The summed E-state index contributed by atoms with van der Waals surface area (Å²) in [6, 6.07) is 16.5. The van der Waals surface area contributed by atoms with E-state index in [1.807, 2.05) is 56.3 Å². The number of benzene rings is 2. The quantitative estimate of drug-likeness (QED) is 0.416. The van der Waals surface area contributed by atoms with Gasteiger partial charge in [-0.25, -0.2) is 4.79 Å². The van der Waals surface area contributed by atoms with Gasteiger partial charge in [-0.2, -0.15) is 0 Å². The van der Waals surface area contributed by atoms with Gasteiger partial charge >= 0.3 is 6.03 Å². The van der Waals surface area contributed by atoms with E-state index in [-0.39, 0.29) is 12.1 Å². The molecule has 30 heavy (non-hydrogen) atoms. The molecular weight excluding hydrogens is 423 g/mol. The molecule has 2 amide bonds. The van der Waals surface area contributed by atoms with Gasteiger partial charge < -0.3 is 19.4 Å². The van der Waals surface area contributed by atoms with Crippen molar-refractivity contribution in [2.24, 2.45) is 0 Å². The molecule has 1 N–H and O–H groups in total. The number of hydrogen-bond donors (Lipinski definition) is 1. The maximum atomic E-state index is 12.9. The van der Waals surface area contributed by atoms with Crippen molar-refractivity contribution in [1.82, 2.24) is 4.90 Å². The van der Waals surface area contributed by atoms with Gasteiger partial charge in [0.05, 0.1) is 22.9 Å². The molecule has 1 aromatic heterocycles. The molecule has 0 bridgehead atoms. The molecule has 0 saturated heterocycles. The van der Waals surface area contributed by atoms with Crippen molar-refractivity contribution >= 4 is 34.9 Å². The first kappa shape index (κ1) is 22.2. The summed E-state index contributed by atoms with van der Waals surface area (Å²) in [4.78, 5) is 14.6. The van der Waals surface area contributed by atoms with Gasteiger partial charge in [0, 0.05) is 18.3 Å². The highest BCUT2D eigenvalue weighted by Crippen LogP contribution is 2.24. The normalized spacial score (nSPS) is 11.0. The first-order valence-corrected chi connectivity index (χ1v) is 10.4. The van der Waals surface area contributed by atoms with Gasteiger partial charge in [-0.1, -0.05) is 41.4 Å². The summed E-state index contributed by atoms with van der Waals surface area (Å²) in [5.74, 6) is 0.773. The molecular formula is C23H24Cl2N2O3. The summed E-state index contributed by atoms with van der Waals surface area (Å²) in [7, 11) is 0. The fraction of sp³-hybridized carbons (Fsp3) is 0.261. The van der Waals surface area contributed by atoms with Crippen LogP contribution in [0.3, 0.4) is 0 Å². The van der Waals surface area contributed by atoms with Crippen LogP contribution in [-0.2, 0) is 24.5 Å². The van der Waals surface area contributed by atoms with E-state index >= 15 is 0 Å². The zero-order chi connectivity index (χ0) is 21.5. The van der Waals surface area contributed by atoms with Crippen LogP contribution >= 0.6 is 23.2 Å². The van der Waals surface area contributed by atoms with Crippen LogP contribution in [0.1, 0.15) is 30.7 Å². The predicted molar refractivity (Wildman–Crippen MR) is 120 cm³/mol. The number of rotatable bonds is 8. The van der Waals surface area contributed by atoms with E-state index in [9.17, 15) is 4.79 Å². The number of anilines is 1. The van der Waals surface area contributed by atoms with Crippen molar-refractivity contribution in [1.29, 1.82) is 0 Å². The summed E-state index contributed by atoms with van der Waals surface area (Å²) in [5.41, 5.74) is 2.58.